The average Bonchev–Trinajstić information content (AvgIpc) is 3.96. The minimum Gasteiger partial charge on any atom is -0.483 e. The molecule has 0 bridgehead atoms. The summed E-state index contributed by atoms with van der Waals surface area (Å²) in [5.41, 5.74) is -1.26. The summed E-state index contributed by atoms with van der Waals surface area (Å²) in [7, 11) is -4.05. The molecule has 2 aromatic rings. The van der Waals surface area contributed by atoms with E-state index in [1.807, 2.05) is 12.2 Å². The minimum atomic E-state index is -4.90. The maximum absolute atomic E-state index is 14.8. The number of benzene rings is 1. The predicted molar refractivity (Wildman–Crippen MR) is 207 cm³/mol. The van der Waals surface area contributed by atoms with Crippen LogP contribution in [0.15, 0.2) is 30.4 Å². The van der Waals surface area contributed by atoms with Gasteiger partial charge in [-0.2, -0.15) is 0 Å². The lowest BCUT2D eigenvalue weighted by Crippen LogP contribution is -2.58. The van der Waals surface area contributed by atoms with Gasteiger partial charge in [-0.3, -0.25) is 19.1 Å². The summed E-state index contributed by atoms with van der Waals surface area (Å²) in [6.07, 6.45) is 5.65. The maximum Gasteiger partial charge on any atom is 0.573 e. The Labute approximate surface area is 340 Å². The Balaban J connectivity index is 1.12. The van der Waals surface area contributed by atoms with Gasteiger partial charge in [0.15, 0.2) is 0 Å². The first-order chi connectivity index (χ1) is 27.9. The van der Waals surface area contributed by atoms with E-state index >= 15 is 0 Å². The van der Waals surface area contributed by atoms with Crippen LogP contribution in [0.25, 0.3) is 10.9 Å². The second kappa shape index (κ2) is 15.1. The van der Waals surface area contributed by atoms with Gasteiger partial charge in [-0.1, -0.05) is 25.0 Å². The number of aromatic nitrogens is 1. The number of nitrogens with one attached hydrogen (secondary N) is 3. The largest absolute Gasteiger partial charge is 0.573 e. The lowest BCUT2D eigenvalue weighted by molar-refractivity contribution is -0.274. The molecule has 1 aromatic heterocycles. The molecule has 14 nitrogen and oxygen atoms in total. The van der Waals surface area contributed by atoms with Crippen LogP contribution >= 0.6 is 0 Å². The Bertz CT molecular complexity index is 2190. The molecule has 3 aliphatic heterocycles. The zero-order valence-corrected chi connectivity index (χ0v) is 33.9. The van der Waals surface area contributed by atoms with Crippen LogP contribution in [0.1, 0.15) is 108 Å². The van der Waals surface area contributed by atoms with Crippen molar-refractivity contribution >= 4 is 44.7 Å². The standard InChI is InChI=1S/C41H50F3N5O9S/c1-24-33-28(29-20-27(57-41(42,43)44)14-15-30(29)45-24)16-17-39(58-33)22-32-34(50)47-40(36(52)48-59(54,55)38(2)18-19-38)21-25(40)10-6-4-3-5-7-13-31(35(51)49(32)23-39)46-37(53)56-26-11-8-9-12-26/h6,10,14-15,20,25-26,31-32H,3-5,7-9,11-13,16-19,21-23H2,1-2H3,(H,46,53)(H,47,50)(H,48,52)/b10-6-/t25-,31+,32+,39-,40-/m1/s1. The molecular weight excluding hydrogens is 796 g/mol. The van der Waals surface area contributed by atoms with E-state index in [2.05, 4.69) is 25.1 Å². The van der Waals surface area contributed by atoms with Gasteiger partial charge in [0.05, 0.1) is 22.5 Å². The Hall–Kier alpha value is -4.61. The van der Waals surface area contributed by atoms with Crippen LogP contribution in [0.3, 0.4) is 0 Å². The number of pyridine rings is 1. The number of halogens is 3. The van der Waals surface area contributed by atoms with Gasteiger partial charge in [0.1, 0.15) is 40.8 Å². The summed E-state index contributed by atoms with van der Waals surface area (Å²) >= 11 is 0. The number of hydrogen-bond acceptors (Lipinski definition) is 10. The summed E-state index contributed by atoms with van der Waals surface area (Å²) in [6, 6.07) is 1.63. The van der Waals surface area contributed by atoms with E-state index in [1.165, 1.54) is 23.1 Å². The Kier molecular flexibility index (Phi) is 10.6. The number of amides is 4. The summed E-state index contributed by atoms with van der Waals surface area (Å²) in [5, 5.41) is 6.08. The number of rotatable bonds is 6. The van der Waals surface area contributed by atoms with Crippen molar-refractivity contribution in [2.75, 3.05) is 6.54 Å². The second-order valence-corrected chi connectivity index (χ2v) is 19.6. The van der Waals surface area contributed by atoms with Crippen molar-refractivity contribution in [3.63, 3.8) is 0 Å². The van der Waals surface area contributed by atoms with Crippen molar-refractivity contribution in [3.05, 3.63) is 41.6 Å². The number of sulfonamides is 1. The summed E-state index contributed by atoms with van der Waals surface area (Å²) < 4.78 is 83.7. The van der Waals surface area contributed by atoms with Gasteiger partial charge in [-0.15, -0.1) is 13.2 Å². The third-order valence-corrected chi connectivity index (χ3v) is 15.2. The Morgan fingerprint density at radius 2 is 1.78 bits per heavy atom. The number of allylic oxidation sites excluding steroid dienone is 1. The molecule has 3 N–H and O–H groups in total. The number of alkyl carbamates (subject to hydrolysis) is 1. The van der Waals surface area contributed by atoms with E-state index in [-0.39, 0.29) is 38.3 Å². The number of carbonyl (C=O) groups is 4. The van der Waals surface area contributed by atoms with E-state index in [0.717, 1.165) is 38.5 Å². The first kappa shape index (κ1) is 41.1. The van der Waals surface area contributed by atoms with Crippen LogP contribution in [-0.4, -0.2) is 89.1 Å². The molecule has 0 radical (unpaired) electrons. The number of aryl methyl sites for hydroxylation is 2. The molecule has 6 aliphatic rings. The Morgan fingerprint density at radius 3 is 2.51 bits per heavy atom. The smallest absolute Gasteiger partial charge is 0.483 e. The molecular formula is C41H50F3N5O9S. The molecule has 5 atom stereocenters. The molecule has 59 heavy (non-hydrogen) atoms. The summed E-state index contributed by atoms with van der Waals surface area (Å²) in [4.78, 5) is 62.6. The lowest BCUT2D eigenvalue weighted by Gasteiger charge is -2.36. The molecule has 8 rings (SSSR count). The first-order valence-electron chi connectivity index (χ1n) is 20.6. The van der Waals surface area contributed by atoms with Crippen LogP contribution in [0, 0.1) is 12.8 Å². The molecule has 3 aliphatic carbocycles. The van der Waals surface area contributed by atoms with Gasteiger partial charge in [0, 0.05) is 23.3 Å². The fourth-order valence-electron chi connectivity index (χ4n) is 9.20. The number of fused-ring (bicyclic) bond motifs is 5. The van der Waals surface area contributed by atoms with E-state index in [0.29, 0.717) is 60.0 Å². The van der Waals surface area contributed by atoms with E-state index < -0.39 is 79.8 Å². The average molecular weight is 846 g/mol. The van der Waals surface area contributed by atoms with E-state index in [4.69, 9.17) is 9.47 Å². The maximum atomic E-state index is 14.8. The van der Waals surface area contributed by atoms with Crippen molar-refractivity contribution in [1.82, 2.24) is 25.2 Å². The summed E-state index contributed by atoms with van der Waals surface area (Å²) in [5.74, 6) is -2.66. The minimum absolute atomic E-state index is 0.0352. The molecule has 18 heteroatoms. The molecule has 3 saturated carbocycles. The van der Waals surface area contributed by atoms with Gasteiger partial charge in [-0.25, -0.2) is 18.2 Å². The highest BCUT2D eigenvalue weighted by Gasteiger charge is 2.64. The van der Waals surface area contributed by atoms with Crippen molar-refractivity contribution < 1.29 is 55.0 Å². The second-order valence-electron chi connectivity index (χ2n) is 17.4. The molecule has 320 valence electrons. The van der Waals surface area contributed by atoms with Crippen LogP contribution in [0.4, 0.5) is 18.0 Å². The molecule has 4 fully saturated rings. The van der Waals surface area contributed by atoms with Crippen LogP contribution in [0.5, 0.6) is 11.5 Å². The zero-order valence-electron chi connectivity index (χ0n) is 33.1. The van der Waals surface area contributed by atoms with Gasteiger partial charge in [-0.05, 0) is 109 Å². The Morgan fingerprint density at radius 1 is 1.03 bits per heavy atom. The molecule has 1 saturated heterocycles. The topological polar surface area (TPSA) is 182 Å². The van der Waals surface area contributed by atoms with Crippen LogP contribution in [0.2, 0.25) is 0 Å². The molecule has 1 spiro atoms. The van der Waals surface area contributed by atoms with Crippen molar-refractivity contribution in [3.8, 4) is 11.5 Å². The summed E-state index contributed by atoms with van der Waals surface area (Å²) in [6.45, 7) is 3.18. The molecule has 4 amide bonds. The highest BCUT2D eigenvalue weighted by molar-refractivity contribution is 7.91. The third-order valence-electron chi connectivity index (χ3n) is 13.0. The number of ether oxygens (including phenoxy) is 3. The van der Waals surface area contributed by atoms with Crippen molar-refractivity contribution in [1.29, 1.82) is 0 Å². The van der Waals surface area contributed by atoms with Gasteiger partial charge in [0.25, 0.3) is 5.91 Å². The zero-order chi connectivity index (χ0) is 42.0. The number of nitrogens with zero attached hydrogens (tertiary/aromatic N) is 2. The van der Waals surface area contributed by atoms with Crippen molar-refractivity contribution in [2.45, 2.75) is 151 Å². The molecule has 4 heterocycles. The molecule has 1 aromatic carbocycles. The fraction of sp³-hybridized carbons (Fsp3) is 0.634. The van der Waals surface area contributed by atoms with Crippen molar-refractivity contribution in [2.24, 2.45) is 5.92 Å². The van der Waals surface area contributed by atoms with E-state index in [1.54, 1.807) is 13.8 Å². The van der Waals surface area contributed by atoms with Crippen LogP contribution < -0.4 is 24.8 Å². The van der Waals surface area contributed by atoms with Crippen LogP contribution in [-0.2, 0) is 35.6 Å². The molecule has 0 unspecified atom stereocenters. The normalized spacial score (nSPS) is 30.1. The van der Waals surface area contributed by atoms with Gasteiger partial charge in [0.2, 0.25) is 21.8 Å². The number of alkyl halides is 3. The number of carbonyl (C=O) groups excluding carboxylic acids is 4. The SMILES string of the molecule is Cc1nc2ccc(OC(F)(F)F)cc2c2c1O[C@]1(CC2)C[C@H]2C(=O)N[C@]3(C(=O)NS(=O)(=O)C4(C)CC4)C[C@H]3/C=C\CCCCC[C@H](NC(=O)OC3CCCC3)C(=O)N2C1. The highest BCUT2D eigenvalue weighted by Crippen LogP contribution is 2.49. The van der Waals surface area contributed by atoms with Gasteiger partial charge < -0.3 is 29.7 Å². The third kappa shape index (κ3) is 8.29. The van der Waals surface area contributed by atoms with Gasteiger partial charge >= 0.3 is 12.5 Å². The predicted octanol–water partition coefficient (Wildman–Crippen LogP) is 5.54. The quantitative estimate of drug-likeness (QED) is 0.313. The monoisotopic (exact) mass is 845 g/mol. The lowest BCUT2D eigenvalue weighted by atomic mass is 9.87. The first-order valence-corrected chi connectivity index (χ1v) is 22.1. The fourth-order valence-corrected chi connectivity index (χ4v) is 10.5. The van der Waals surface area contributed by atoms with E-state index in [9.17, 15) is 40.8 Å². The number of hydrogen-bond donors (Lipinski definition) is 3. The highest BCUT2D eigenvalue weighted by atomic mass is 32.2.